The van der Waals surface area contributed by atoms with Crippen molar-refractivity contribution in [3.63, 3.8) is 0 Å². The molecular weight excluding hydrogens is 260 g/mol. The summed E-state index contributed by atoms with van der Waals surface area (Å²) in [6.07, 6.45) is 8.68. The number of likely N-dealkylation sites (N-methyl/N-ethyl adjacent to an activating group) is 1. The summed E-state index contributed by atoms with van der Waals surface area (Å²) in [5.41, 5.74) is 0. The second kappa shape index (κ2) is 6.97. The van der Waals surface area contributed by atoms with Crippen LogP contribution in [0.4, 0.5) is 0 Å². The van der Waals surface area contributed by atoms with Gasteiger partial charge >= 0.3 is 0 Å². The van der Waals surface area contributed by atoms with E-state index >= 15 is 0 Å². The Bertz CT molecular complexity index is 333. The molecule has 5 atom stereocenters. The fraction of sp³-hybridized carbons (Fsp3) is 1.00. The molecule has 1 N–H and O–H groups in total. The number of hydrogen-bond donors (Lipinski definition) is 1. The van der Waals surface area contributed by atoms with Crippen LogP contribution in [0.5, 0.6) is 0 Å². The SMILES string of the molecule is CCNC1CCC(C(C)C)CC1N1CCOC2CCCC21. The molecule has 3 nitrogen and oxygen atoms in total. The van der Waals surface area contributed by atoms with E-state index in [-0.39, 0.29) is 0 Å². The first-order valence-corrected chi connectivity index (χ1v) is 9.31. The number of morpholine rings is 1. The van der Waals surface area contributed by atoms with Gasteiger partial charge in [-0.1, -0.05) is 20.8 Å². The highest BCUT2D eigenvalue weighted by atomic mass is 16.5. The van der Waals surface area contributed by atoms with Gasteiger partial charge in [0, 0.05) is 24.7 Å². The summed E-state index contributed by atoms with van der Waals surface area (Å²) < 4.78 is 6.03. The third kappa shape index (κ3) is 3.30. The number of hydrogen-bond acceptors (Lipinski definition) is 3. The third-order valence-electron chi connectivity index (χ3n) is 6.22. The van der Waals surface area contributed by atoms with Gasteiger partial charge in [-0.3, -0.25) is 4.90 Å². The molecule has 0 radical (unpaired) electrons. The number of ether oxygens (including phenoxy) is 1. The molecule has 122 valence electrons. The minimum atomic E-state index is 0.528. The molecule has 2 saturated carbocycles. The molecule has 21 heavy (non-hydrogen) atoms. The van der Waals surface area contributed by atoms with Crippen LogP contribution in [0.2, 0.25) is 0 Å². The van der Waals surface area contributed by atoms with Gasteiger partial charge in [0.2, 0.25) is 0 Å². The molecule has 3 rings (SSSR count). The van der Waals surface area contributed by atoms with Crippen molar-refractivity contribution in [2.45, 2.75) is 83.5 Å². The average Bonchev–Trinajstić information content (AvgIpc) is 2.96. The molecule has 5 unspecified atom stereocenters. The molecule has 0 aromatic rings. The van der Waals surface area contributed by atoms with Crippen LogP contribution in [0.15, 0.2) is 0 Å². The van der Waals surface area contributed by atoms with Crippen LogP contribution in [0.25, 0.3) is 0 Å². The van der Waals surface area contributed by atoms with Crippen LogP contribution in [0.3, 0.4) is 0 Å². The highest BCUT2D eigenvalue weighted by molar-refractivity contribution is 4.98. The molecule has 1 aliphatic heterocycles. The minimum Gasteiger partial charge on any atom is -0.375 e. The zero-order chi connectivity index (χ0) is 14.8. The van der Waals surface area contributed by atoms with Crippen LogP contribution in [0, 0.1) is 11.8 Å². The molecule has 2 aliphatic carbocycles. The number of nitrogens with one attached hydrogen (secondary N) is 1. The van der Waals surface area contributed by atoms with Crippen LogP contribution >= 0.6 is 0 Å². The summed E-state index contributed by atoms with van der Waals surface area (Å²) in [4.78, 5) is 2.85. The molecule has 0 bridgehead atoms. The van der Waals surface area contributed by atoms with Crippen LogP contribution in [-0.2, 0) is 4.74 Å². The smallest absolute Gasteiger partial charge is 0.0731 e. The third-order valence-corrected chi connectivity index (χ3v) is 6.22. The Morgan fingerprint density at radius 1 is 1.14 bits per heavy atom. The van der Waals surface area contributed by atoms with E-state index in [1.807, 2.05) is 0 Å². The summed E-state index contributed by atoms with van der Waals surface area (Å²) in [5, 5.41) is 3.79. The zero-order valence-corrected chi connectivity index (χ0v) is 14.2. The van der Waals surface area contributed by atoms with E-state index in [0.717, 1.165) is 37.6 Å². The maximum atomic E-state index is 6.03. The molecule has 3 fully saturated rings. The lowest BCUT2D eigenvalue weighted by molar-refractivity contribution is -0.0862. The Hall–Kier alpha value is -0.120. The van der Waals surface area contributed by atoms with Crippen LogP contribution < -0.4 is 5.32 Å². The van der Waals surface area contributed by atoms with Gasteiger partial charge in [-0.2, -0.15) is 0 Å². The topological polar surface area (TPSA) is 24.5 Å². The van der Waals surface area contributed by atoms with Crippen molar-refractivity contribution in [1.29, 1.82) is 0 Å². The second-order valence-electron chi connectivity index (χ2n) is 7.69. The van der Waals surface area contributed by atoms with E-state index in [0.29, 0.717) is 18.2 Å². The summed E-state index contributed by atoms with van der Waals surface area (Å²) in [5.74, 6) is 1.74. The Labute approximate surface area is 130 Å². The normalized spacial score (nSPS) is 41.4. The molecule has 0 aromatic heterocycles. The second-order valence-corrected chi connectivity index (χ2v) is 7.69. The van der Waals surface area contributed by atoms with Crippen LogP contribution in [0.1, 0.15) is 59.3 Å². The first-order valence-electron chi connectivity index (χ1n) is 9.31. The van der Waals surface area contributed by atoms with E-state index in [2.05, 4.69) is 31.0 Å². The summed E-state index contributed by atoms with van der Waals surface area (Å²) >= 11 is 0. The van der Waals surface area contributed by atoms with Crippen molar-refractivity contribution in [3.8, 4) is 0 Å². The molecule has 3 aliphatic rings. The lowest BCUT2D eigenvalue weighted by Gasteiger charge is -2.49. The maximum Gasteiger partial charge on any atom is 0.0731 e. The van der Waals surface area contributed by atoms with Crippen molar-refractivity contribution in [2.75, 3.05) is 19.7 Å². The van der Waals surface area contributed by atoms with E-state index in [9.17, 15) is 0 Å². The minimum absolute atomic E-state index is 0.528. The van der Waals surface area contributed by atoms with Gasteiger partial charge in [0.15, 0.2) is 0 Å². The van der Waals surface area contributed by atoms with Gasteiger partial charge < -0.3 is 10.1 Å². The first kappa shape index (κ1) is 15.8. The van der Waals surface area contributed by atoms with Gasteiger partial charge in [0.1, 0.15) is 0 Å². The van der Waals surface area contributed by atoms with Gasteiger partial charge in [0.25, 0.3) is 0 Å². The van der Waals surface area contributed by atoms with Crippen LogP contribution in [-0.4, -0.2) is 48.8 Å². The van der Waals surface area contributed by atoms with E-state index in [1.54, 1.807) is 0 Å². The van der Waals surface area contributed by atoms with Crippen molar-refractivity contribution in [3.05, 3.63) is 0 Å². The molecule has 3 heteroatoms. The Morgan fingerprint density at radius 2 is 2.00 bits per heavy atom. The lowest BCUT2D eigenvalue weighted by Crippen LogP contribution is -2.61. The zero-order valence-electron chi connectivity index (χ0n) is 14.2. The largest absolute Gasteiger partial charge is 0.375 e. The van der Waals surface area contributed by atoms with Gasteiger partial charge in [-0.25, -0.2) is 0 Å². The summed E-state index contributed by atoms with van der Waals surface area (Å²) in [6.45, 7) is 10.3. The standard InChI is InChI=1S/C18H34N2O/c1-4-19-15-9-8-14(13(2)3)12-17(15)20-10-11-21-18-7-5-6-16(18)20/h13-19H,4-12H2,1-3H3. The fourth-order valence-electron chi connectivity index (χ4n) is 5.02. The highest BCUT2D eigenvalue weighted by Crippen LogP contribution is 2.38. The average molecular weight is 294 g/mol. The summed E-state index contributed by atoms with van der Waals surface area (Å²) in [6, 6.07) is 2.14. The molecule has 0 aromatic carbocycles. The van der Waals surface area contributed by atoms with Gasteiger partial charge in [-0.15, -0.1) is 0 Å². The van der Waals surface area contributed by atoms with E-state index < -0.39 is 0 Å². The number of nitrogens with zero attached hydrogens (tertiary/aromatic N) is 1. The van der Waals surface area contributed by atoms with E-state index in [1.165, 1.54) is 38.5 Å². The number of fused-ring (bicyclic) bond motifs is 1. The fourth-order valence-corrected chi connectivity index (χ4v) is 5.02. The predicted molar refractivity (Wildman–Crippen MR) is 87.5 cm³/mol. The Morgan fingerprint density at radius 3 is 2.76 bits per heavy atom. The van der Waals surface area contributed by atoms with Gasteiger partial charge in [-0.05, 0) is 56.9 Å². The molecule has 0 spiro atoms. The summed E-state index contributed by atoms with van der Waals surface area (Å²) in [7, 11) is 0. The highest BCUT2D eigenvalue weighted by Gasteiger charge is 2.43. The Balaban J connectivity index is 1.74. The van der Waals surface area contributed by atoms with Gasteiger partial charge in [0.05, 0.1) is 12.7 Å². The molecular formula is C18H34N2O. The lowest BCUT2D eigenvalue weighted by atomic mass is 9.75. The maximum absolute atomic E-state index is 6.03. The van der Waals surface area contributed by atoms with Crippen molar-refractivity contribution >= 4 is 0 Å². The molecule has 1 saturated heterocycles. The predicted octanol–water partition coefficient (Wildman–Crippen LogP) is 3.04. The van der Waals surface area contributed by atoms with Crippen molar-refractivity contribution in [1.82, 2.24) is 10.2 Å². The van der Waals surface area contributed by atoms with Crippen molar-refractivity contribution < 1.29 is 4.74 Å². The monoisotopic (exact) mass is 294 g/mol. The van der Waals surface area contributed by atoms with Crippen molar-refractivity contribution in [2.24, 2.45) is 11.8 Å². The Kier molecular flexibility index (Phi) is 5.23. The first-order chi connectivity index (χ1) is 10.2. The number of rotatable bonds is 4. The molecule has 0 amide bonds. The van der Waals surface area contributed by atoms with E-state index in [4.69, 9.17) is 4.74 Å². The quantitative estimate of drug-likeness (QED) is 0.862. The molecule has 1 heterocycles.